The molecule has 0 saturated heterocycles. The molecular formula is C10H16N2O3. The lowest BCUT2D eigenvalue weighted by molar-refractivity contribution is -0.140. The zero-order chi connectivity index (χ0) is 11.3. The lowest BCUT2D eigenvalue weighted by Gasteiger charge is -1.98. The molecule has 5 nitrogen and oxygen atoms in total. The molecule has 5 heteroatoms. The fraction of sp³-hybridized carbons (Fsp3) is 0.700. The van der Waals surface area contributed by atoms with Crippen molar-refractivity contribution in [3.8, 4) is 0 Å². The molecule has 15 heavy (non-hydrogen) atoms. The Labute approximate surface area is 88.8 Å². The van der Waals surface area contributed by atoms with Crippen molar-refractivity contribution in [2.45, 2.75) is 33.1 Å². The maximum absolute atomic E-state index is 10.9. The standard InChI is InChI=1S/C10H16N2O3/c1-7(2)4-5-8-11-9(15-12-8)6-10(13)14-3/h7H,4-6H2,1-3H3. The highest BCUT2D eigenvalue weighted by atomic mass is 16.5. The molecule has 0 atom stereocenters. The van der Waals surface area contributed by atoms with Crippen molar-refractivity contribution < 1.29 is 14.1 Å². The first-order chi connectivity index (χ1) is 7.11. The van der Waals surface area contributed by atoms with Gasteiger partial charge >= 0.3 is 5.97 Å². The number of carbonyl (C=O) groups is 1. The predicted octanol–water partition coefficient (Wildman–Crippen LogP) is 1.37. The Bertz CT molecular complexity index is 320. The number of hydrogen-bond donors (Lipinski definition) is 0. The highest BCUT2D eigenvalue weighted by Crippen LogP contribution is 2.06. The summed E-state index contributed by atoms with van der Waals surface area (Å²) in [6.45, 7) is 4.27. The lowest BCUT2D eigenvalue weighted by atomic mass is 10.1. The molecule has 0 aliphatic rings. The number of nitrogens with zero attached hydrogens (tertiary/aromatic N) is 2. The second-order valence-electron chi connectivity index (χ2n) is 3.79. The first kappa shape index (κ1) is 11.7. The van der Waals surface area contributed by atoms with E-state index in [-0.39, 0.29) is 12.4 Å². The molecule has 0 radical (unpaired) electrons. The van der Waals surface area contributed by atoms with Crippen LogP contribution in [0.4, 0.5) is 0 Å². The van der Waals surface area contributed by atoms with Crippen LogP contribution in [0.25, 0.3) is 0 Å². The average molecular weight is 212 g/mol. The van der Waals surface area contributed by atoms with E-state index in [1.807, 2.05) is 0 Å². The molecule has 0 bridgehead atoms. The Morgan fingerprint density at radius 2 is 2.27 bits per heavy atom. The minimum Gasteiger partial charge on any atom is -0.469 e. The number of methoxy groups -OCH3 is 1. The third-order valence-corrected chi connectivity index (χ3v) is 1.98. The summed E-state index contributed by atoms with van der Waals surface area (Å²) in [5.74, 6) is 1.21. The van der Waals surface area contributed by atoms with Crippen molar-refractivity contribution in [2.75, 3.05) is 7.11 Å². The zero-order valence-corrected chi connectivity index (χ0v) is 9.32. The smallest absolute Gasteiger partial charge is 0.315 e. The third kappa shape index (κ3) is 4.10. The van der Waals surface area contributed by atoms with Gasteiger partial charge in [-0.15, -0.1) is 0 Å². The van der Waals surface area contributed by atoms with Crippen LogP contribution >= 0.6 is 0 Å². The monoisotopic (exact) mass is 212 g/mol. The highest BCUT2D eigenvalue weighted by molar-refractivity contribution is 5.70. The molecule has 0 N–H and O–H groups in total. The fourth-order valence-corrected chi connectivity index (χ4v) is 1.08. The normalized spacial score (nSPS) is 10.7. The van der Waals surface area contributed by atoms with Gasteiger partial charge in [0.05, 0.1) is 7.11 Å². The maximum atomic E-state index is 10.9. The molecule has 0 amide bonds. The molecule has 1 aromatic rings. The minimum absolute atomic E-state index is 0.0468. The van der Waals surface area contributed by atoms with E-state index in [0.717, 1.165) is 12.8 Å². The summed E-state index contributed by atoms with van der Waals surface area (Å²) in [7, 11) is 1.33. The van der Waals surface area contributed by atoms with Crippen molar-refractivity contribution in [1.29, 1.82) is 0 Å². The number of hydrogen-bond acceptors (Lipinski definition) is 5. The van der Waals surface area contributed by atoms with Gasteiger partial charge in [0, 0.05) is 6.42 Å². The van der Waals surface area contributed by atoms with Crippen molar-refractivity contribution in [3.63, 3.8) is 0 Å². The summed E-state index contributed by atoms with van der Waals surface area (Å²) >= 11 is 0. The van der Waals surface area contributed by atoms with Gasteiger partial charge in [-0.2, -0.15) is 4.98 Å². The molecule has 84 valence electrons. The van der Waals surface area contributed by atoms with Crippen LogP contribution in [0.2, 0.25) is 0 Å². The number of aromatic nitrogens is 2. The Hall–Kier alpha value is -1.39. The Kier molecular flexibility index (Phi) is 4.27. The largest absolute Gasteiger partial charge is 0.469 e. The summed E-state index contributed by atoms with van der Waals surface area (Å²) < 4.78 is 9.40. The van der Waals surface area contributed by atoms with Gasteiger partial charge < -0.3 is 9.26 Å². The van der Waals surface area contributed by atoms with Gasteiger partial charge in [-0.3, -0.25) is 4.79 Å². The van der Waals surface area contributed by atoms with E-state index in [1.165, 1.54) is 7.11 Å². The van der Waals surface area contributed by atoms with Crippen molar-refractivity contribution in [1.82, 2.24) is 10.1 Å². The number of ether oxygens (including phenoxy) is 1. The quantitative estimate of drug-likeness (QED) is 0.690. The minimum atomic E-state index is -0.367. The molecule has 1 heterocycles. The first-order valence-electron chi connectivity index (χ1n) is 5.00. The molecule has 1 aromatic heterocycles. The Balaban J connectivity index is 2.45. The molecule has 0 aliphatic heterocycles. The van der Waals surface area contributed by atoms with E-state index >= 15 is 0 Å². The summed E-state index contributed by atoms with van der Waals surface area (Å²) in [5, 5.41) is 3.78. The second kappa shape index (κ2) is 5.48. The van der Waals surface area contributed by atoms with E-state index in [2.05, 4.69) is 28.7 Å². The third-order valence-electron chi connectivity index (χ3n) is 1.98. The van der Waals surface area contributed by atoms with Gasteiger partial charge in [-0.05, 0) is 12.3 Å². The second-order valence-corrected chi connectivity index (χ2v) is 3.79. The molecule has 0 aromatic carbocycles. The predicted molar refractivity (Wildman–Crippen MR) is 53.2 cm³/mol. The van der Waals surface area contributed by atoms with E-state index in [9.17, 15) is 4.79 Å². The summed E-state index contributed by atoms with van der Waals surface area (Å²) in [5.41, 5.74) is 0. The fourth-order valence-electron chi connectivity index (χ4n) is 1.08. The summed E-state index contributed by atoms with van der Waals surface area (Å²) in [4.78, 5) is 15.0. The highest BCUT2D eigenvalue weighted by Gasteiger charge is 2.11. The molecule has 1 rings (SSSR count). The van der Waals surface area contributed by atoms with E-state index < -0.39 is 0 Å². The van der Waals surface area contributed by atoms with Crippen molar-refractivity contribution in [3.05, 3.63) is 11.7 Å². The van der Waals surface area contributed by atoms with E-state index in [0.29, 0.717) is 17.6 Å². The van der Waals surface area contributed by atoms with Crippen molar-refractivity contribution in [2.24, 2.45) is 5.92 Å². The lowest BCUT2D eigenvalue weighted by Crippen LogP contribution is -2.04. The zero-order valence-electron chi connectivity index (χ0n) is 9.32. The van der Waals surface area contributed by atoms with E-state index in [4.69, 9.17) is 4.52 Å². The molecule has 0 saturated carbocycles. The van der Waals surface area contributed by atoms with Crippen LogP contribution in [0.15, 0.2) is 4.52 Å². The molecule has 0 fully saturated rings. The Morgan fingerprint density at radius 1 is 1.53 bits per heavy atom. The topological polar surface area (TPSA) is 65.2 Å². The number of rotatable bonds is 5. The van der Waals surface area contributed by atoms with Gasteiger partial charge in [-0.1, -0.05) is 19.0 Å². The summed E-state index contributed by atoms with van der Waals surface area (Å²) in [6, 6.07) is 0. The van der Waals surface area contributed by atoms with Crippen molar-refractivity contribution >= 4 is 5.97 Å². The van der Waals surface area contributed by atoms with Crippen LogP contribution in [0.1, 0.15) is 32.0 Å². The van der Waals surface area contributed by atoms with Crippen LogP contribution in [0, 0.1) is 5.92 Å². The molecule has 0 spiro atoms. The number of carbonyl (C=O) groups excluding carboxylic acids is 1. The number of aryl methyl sites for hydroxylation is 1. The number of esters is 1. The molecule has 0 unspecified atom stereocenters. The first-order valence-corrected chi connectivity index (χ1v) is 5.00. The van der Waals surface area contributed by atoms with Crippen LogP contribution in [-0.2, 0) is 22.4 Å². The van der Waals surface area contributed by atoms with Gasteiger partial charge in [0.2, 0.25) is 5.89 Å². The maximum Gasteiger partial charge on any atom is 0.315 e. The van der Waals surface area contributed by atoms with Crippen LogP contribution in [0.5, 0.6) is 0 Å². The van der Waals surface area contributed by atoms with Gasteiger partial charge in [0.25, 0.3) is 0 Å². The van der Waals surface area contributed by atoms with Crippen LogP contribution in [0.3, 0.4) is 0 Å². The van der Waals surface area contributed by atoms with E-state index in [1.54, 1.807) is 0 Å². The Morgan fingerprint density at radius 3 is 2.87 bits per heavy atom. The molecular weight excluding hydrogens is 196 g/mol. The molecule has 0 aliphatic carbocycles. The van der Waals surface area contributed by atoms with Gasteiger partial charge in [-0.25, -0.2) is 0 Å². The van der Waals surface area contributed by atoms with Crippen LogP contribution in [-0.4, -0.2) is 23.2 Å². The van der Waals surface area contributed by atoms with Gasteiger partial charge in [0.1, 0.15) is 6.42 Å². The van der Waals surface area contributed by atoms with Gasteiger partial charge in [0.15, 0.2) is 5.82 Å². The SMILES string of the molecule is COC(=O)Cc1nc(CCC(C)C)no1. The average Bonchev–Trinajstić information content (AvgIpc) is 2.62. The van der Waals surface area contributed by atoms with Crippen LogP contribution < -0.4 is 0 Å². The summed E-state index contributed by atoms with van der Waals surface area (Å²) in [6.07, 6.45) is 1.84.